The first kappa shape index (κ1) is 20.0. The van der Waals surface area contributed by atoms with E-state index in [0.29, 0.717) is 24.7 Å². The zero-order valence-corrected chi connectivity index (χ0v) is 18.2. The molecule has 1 fully saturated rings. The molecule has 0 unspecified atom stereocenters. The fourth-order valence-electron chi connectivity index (χ4n) is 3.92. The van der Waals surface area contributed by atoms with Gasteiger partial charge in [-0.05, 0) is 41.8 Å². The summed E-state index contributed by atoms with van der Waals surface area (Å²) in [4.78, 5) is 26.4. The van der Waals surface area contributed by atoms with Crippen LogP contribution in [0.3, 0.4) is 0 Å². The normalized spacial score (nSPS) is 15.1. The lowest BCUT2D eigenvalue weighted by Crippen LogP contribution is -2.16. The Hall–Kier alpha value is -2.34. The lowest BCUT2D eigenvalue weighted by molar-refractivity contribution is -0.120. The standard InChI is InChI=1S/C23H28N4OS/c1-23(2,3)14-18(28)13-17-12-15(8-10-24-17)21-26-19-9-11-29-20(19)22(27-21)25-16-6-4-5-7-16/h8-12,16H,4-7,13-14H2,1-3H3,(H,25,26,27). The molecular formula is C23H28N4OS. The van der Waals surface area contributed by atoms with Gasteiger partial charge >= 0.3 is 0 Å². The number of hydrogen-bond acceptors (Lipinski definition) is 6. The molecule has 0 aromatic carbocycles. The van der Waals surface area contributed by atoms with E-state index in [9.17, 15) is 4.79 Å². The van der Waals surface area contributed by atoms with E-state index in [4.69, 9.17) is 9.97 Å². The number of nitrogens with zero attached hydrogens (tertiary/aromatic N) is 3. The molecule has 0 bridgehead atoms. The highest BCUT2D eigenvalue weighted by atomic mass is 32.1. The van der Waals surface area contributed by atoms with E-state index in [-0.39, 0.29) is 11.2 Å². The Kier molecular flexibility index (Phi) is 5.63. The summed E-state index contributed by atoms with van der Waals surface area (Å²) < 4.78 is 1.11. The fraction of sp³-hybridized carbons (Fsp3) is 0.478. The van der Waals surface area contributed by atoms with Gasteiger partial charge in [-0.3, -0.25) is 9.78 Å². The van der Waals surface area contributed by atoms with E-state index in [1.165, 1.54) is 25.7 Å². The molecule has 1 saturated carbocycles. The van der Waals surface area contributed by atoms with Gasteiger partial charge in [-0.2, -0.15) is 0 Å². The van der Waals surface area contributed by atoms with Crippen molar-refractivity contribution in [3.05, 3.63) is 35.5 Å². The van der Waals surface area contributed by atoms with Crippen molar-refractivity contribution in [1.82, 2.24) is 15.0 Å². The van der Waals surface area contributed by atoms with Crippen molar-refractivity contribution in [1.29, 1.82) is 0 Å². The maximum absolute atomic E-state index is 12.4. The first-order chi connectivity index (χ1) is 13.9. The van der Waals surface area contributed by atoms with Crippen molar-refractivity contribution in [2.75, 3.05) is 5.32 Å². The molecule has 4 rings (SSSR count). The lowest BCUT2D eigenvalue weighted by Gasteiger charge is -2.16. The number of carbonyl (C=O) groups excluding carboxylic acids is 1. The molecule has 29 heavy (non-hydrogen) atoms. The van der Waals surface area contributed by atoms with Gasteiger partial charge < -0.3 is 5.32 Å². The third kappa shape index (κ3) is 4.99. The molecule has 0 amide bonds. The van der Waals surface area contributed by atoms with Crippen LogP contribution in [0.5, 0.6) is 0 Å². The molecule has 3 heterocycles. The van der Waals surface area contributed by atoms with Crippen molar-refractivity contribution in [3.8, 4) is 11.4 Å². The van der Waals surface area contributed by atoms with Gasteiger partial charge in [0.25, 0.3) is 0 Å². The van der Waals surface area contributed by atoms with Gasteiger partial charge in [-0.1, -0.05) is 33.6 Å². The SMILES string of the molecule is CC(C)(C)CC(=O)Cc1cc(-c2nc(NC3CCCC3)c3sccc3n2)ccn1. The van der Waals surface area contributed by atoms with E-state index >= 15 is 0 Å². The molecule has 3 aromatic heterocycles. The lowest BCUT2D eigenvalue weighted by atomic mass is 9.88. The number of ketones is 1. The molecule has 0 aliphatic heterocycles. The summed E-state index contributed by atoms with van der Waals surface area (Å²) in [6.07, 6.45) is 7.59. The van der Waals surface area contributed by atoms with Crippen molar-refractivity contribution in [2.45, 2.75) is 65.3 Å². The molecule has 6 heteroatoms. The summed E-state index contributed by atoms with van der Waals surface area (Å²) in [7, 11) is 0. The first-order valence-corrected chi connectivity index (χ1v) is 11.2. The van der Waals surface area contributed by atoms with Crippen LogP contribution in [-0.2, 0) is 11.2 Å². The molecule has 0 spiro atoms. The predicted molar refractivity (Wildman–Crippen MR) is 119 cm³/mol. The number of pyridine rings is 1. The summed E-state index contributed by atoms with van der Waals surface area (Å²) in [6.45, 7) is 6.24. The highest BCUT2D eigenvalue weighted by Crippen LogP contribution is 2.31. The van der Waals surface area contributed by atoms with E-state index in [1.54, 1.807) is 17.5 Å². The van der Waals surface area contributed by atoms with E-state index in [2.05, 4.69) is 36.5 Å². The molecule has 5 nitrogen and oxygen atoms in total. The van der Waals surface area contributed by atoms with Gasteiger partial charge in [0.2, 0.25) is 0 Å². The van der Waals surface area contributed by atoms with Crippen LogP contribution in [0.2, 0.25) is 0 Å². The largest absolute Gasteiger partial charge is 0.366 e. The van der Waals surface area contributed by atoms with Crippen LogP contribution in [-0.4, -0.2) is 26.8 Å². The third-order valence-corrected chi connectivity index (χ3v) is 6.09. The molecule has 1 N–H and O–H groups in total. The van der Waals surface area contributed by atoms with Crippen LogP contribution in [0.1, 0.15) is 58.6 Å². The van der Waals surface area contributed by atoms with Crippen LogP contribution in [0, 0.1) is 5.41 Å². The second-order valence-corrected chi connectivity index (χ2v) is 10.1. The number of Topliss-reactive ketones (excluding diaryl/α,β-unsaturated/α-hetero) is 1. The zero-order chi connectivity index (χ0) is 20.4. The summed E-state index contributed by atoms with van der Waals surface area (Å²) in [5, 5.41) is 5.70. The molecule has 0 atom stereocenters. The van der Waals surface area contributed by atoms with Crippen LogP contribution in [0.15, 0.2) is 29.8 Å². The first-order valence-electron chi connectivity index (χ1n) is 10.4. The Labute approximate surface area is 176 Å². The number of thiophene rings is 1. The van der Waals surface area contributed by atoms with Gasteiger partial charge in [0.1, 0.15) is 11.6 Å². The molecule has 152 valence electrons. The molecule has 3 aromatic rings. The Morgan fingerprint density at radius 1 is 1.21 bits per heavy atom. The van der Waals surface area contributed by atoms with E-state index < -0.39 is 0 Å². The minimum Gasteiger partial charge on any atom is -0.366 e. The highest BCUT2D eigenvalue weighted by molar-refractivity contribution is 7.17. The van der Waals surface area contributed by atoms with Crippen molar-refractivity contribution in [2.24, 2.45) is 5.41 Å². The molecule has 1 aliphatic carbocycles. The number of rotatable bonds is 6. The summed E-state index contributed by atoms with van der Waals surface area (Å²) in [6, 6.07) is 6.41. The monoisotopic (exact) mass is 408 g/mol. The number of aromatic nitrogens is 3. The maximum atomic E-state index is 12.4. The predicted octanol–water partition coefficient (Wildman–Crippen LogP) is 5.66. The van der Waals surface area contributed by atoms with Crippen LogP contribution in [0.4, 0.5) is 5.82 Å². The van der Waals surface area contributed by atoms with Crippen molar-refractivity contribution >= 4 is 33.2 Å². The topological polar surface area (TPSA) is 67.8 Å². The smallest absolute Gasteiger partial charge is 0.162 e. The van der Waals surface area contributed by atoms with E-state index in [1.807, 2.05) is 18.2 Å². The average Bonchev–Trinajstić information content (AvgIpc) is 3.31. The fourth-order valence-corrected chi connectivity index (χ4v) is 4.71. The summed E-state index contributed by atoms with van der Waals surface area (Å²) >= 11 is 1.67. The van der Waals surface area contributed by atoms with Gasteiger partial charge in [0.15, 0.2) is 5.82 Å². The number of nitrogens with one attached hydrogen (secondary N) is 1. The maximum Gasteiger partial charge on any atom is 0.162 e. The Morgan fingerprint density at radius 3 is 2.76 bits per heavy atom. The Bertz CT molecular complexity index is 1020. The summed E-state index contributed by atoms with van der Waals surface area (Å²) in [5.41, 5.74) is 2.63. The molecular weight excluding hydrogens is 380 g/mol. The summed E-state index contributed by atoms with van der Waals surface area (Å²) in [5.74, 6) is 1.82. The van der Waals surface area contributed by atoms with Gasteiger partial charge in [-0.25, -0.2) is 9.97 Å². The number of fused-ring (bicyclic) bond motifs is 1. The van der Waals surface area contributed by atoms with Gasteiger partial charge in [0.05, 0.1) is 10.2 Å². The van der Waals surface area contributed by atoms with Crippen molar-refractivity contribution < 1.29 is 4.79 Å². The van der Waals surface area contributed by atoms with Gasteiger partial charge in [0, 0.05) is 36.3 Å². The minimum atomic E-state index is -0.0113. The minimum absolute atomic E-state index is 0.0113. The molecule has 0 saturated heterocycles. The number of hydrogen-bond donors (Lipinski definition) is 1. The quantitative estimate of drug-likeness (QED) is 0.570. The third-order valence-electron chi connectivity index (χ3n) is 5.18. The second-order valence-electron chi connectivity index (χ2n) is 9.15. The zero-order valence-electron chi connectivity index (χ0n) is 17.4. The number of anilines is 1. The Balaban J connectivity index is 1.61. The second kappa shape index (κ2) is 8.19. The average molecular weight is 409 g/mol. The highest BCUT2D eigenvalue weighted by Gasteiger charge is 2.19. The molecule has 1 aliphatic rings. The van der Waals surface area contributed by atoms with Crippen molar-refractivity contribution in [3.63, 3.8) is 0 Å². The Morgan fingerprint density at radius 2 is 2.00 bits per heavy atom. The van der Waals surface area contributed by atoms with Gasteiger partial charge in [-0.15, -0.1) is 11.3 Å². The number of carbonyl (C=O) groups is 1. The van der Waals surface area contributed by atoms with Crippen LogP contribution in [0.25, 0.3) is 21.6 Å². The van der Waals surface area contributed by atoms with Crippen LogP contribution < -0.4 is 5.32 Å². The van der Waals surface area contributed by atoms with E-state index in [0.717, 1.165) is 27.3 Å². The van der Waals surface area contributed by atoms with Crippen LogP contribution >= 0.6 is 11.3 Å². The molecule has 0 radical (unpaired) electrons.